The summed E-state index contributed by atoms with van der Waals surface area (Å²) in [6.45, 7) is 7.96. The highest BCUT2D eigenvalue weighted by molar-refractivity contribution is 7.21. The highest BCUT2D eigenvalue weighted by Gasteiger charge is 2.21. The summed E-state index contributed by atoms with van der Waals surface area (Å²) in [6.07, 6.45) is 4.93. The Morgan fingerprint density at radius 2 is 1.95 bits per heavy atom. The largest absolute Gasteiger partial charge is 0.322 e. The van der Waals surface area contributed by atoms with Crippen molar-refractivity contribution in [2.75, 3.05) is 0 Å². The van der Waals surface area contributed by atoms with Gasteiger partial charge in [-0.2, -0.15) is 0 Å². The highest BCUT2D eigenvalue weighted by Crippen LogP contribution is 2.37. The molecule has 0 N–H and O–H groups in total. The summed E-state index contributed by atoms with van der Waals surface area (Å²) in [6, 6.07) is 3.95. The second kappa shape index (κ2) is 5.11. The molecule has 0 radical (unpaired) electrons. The smallest absolute Gasteiger partial charge is 0.171 e. The summed E-state index contributed by atoms with van der Waals surface area (Å²) in [5.41, 5.74) is 4.57. The lowest BCUT2D eigenvalue weighted by atomic mass is 10.0. The standard InChI is InChI=1S/C17H18N2OS/c1-5-13-10(2)14-15(19-8-6-7-9-19)16(12(4)20)21-17(14)18-11(13)3/h6-9H,5H2,1-4H3. The summed E-state index contributed by atoms with van der Waals surface area (Å²) in [7, 11) is 0. The predicted molar refractivity (Wildman–Crippen MR) is 87.8 cm³/mol. The van der Waals surface area contributed by atoms with Crippen molar-refractivity contribution in [1.82, 2.24) is 9.55 Å². The number of thiophene rings is 1. The average Bonchev–Trinajstić information content (AvgIpc) is 3.04. The van der Waals surface area contributed by atoms with Gasteiger partial charge >= 0.3 is 0 Å². The van der Waals surface area contributed by atoms with Crippen molar-refractivity contribution in [2.24, 2.45) is 0 Å². The van der Waals surface area contributed by atoms with Gasteiger partial charge in [-0.1, -0.05) is 6.92 Å². The lowest BCUT2D eigenvalue weighted by Crippen LogP contribution is -2.00. The zero-order valence-corrected chi connectivity index (χ0v) is 13.5. The Kier molecular flexibility index (Phi) is 3.41. The van der Waals surface area contributed by atoms with Crippen molar-refractivity contribution in [2.45, 2.75) is 34.1 Å². The molecular weight excluding hydrogens is 280 g/mol. The minimum Gasteiger partial charge on any atom is -0.322 e. The Hall–Kier alpha value is -1.94. The Morgan fingerprint density at radius 1 is 1.29 bits per heavy atom. The number of nitrogens with zero attached hydrogens (tertiary/aromatic N) is 2. The van der Waals surface area contributed by atoms with E-state index in [9.17, 15) is 4.79 Å². The number of ketones is 1. The van der Waals surface area contributed by atoms with Crippen LogP contribution in [-0.4, -0.2) is 15.3 Å². The van der Waals surface area contributed by atoms with Gasteiger partial charge in [0.25, 0.3) is 0 Å². The van der Waals surface area contributed by atoms with Crippen LogP contribution < -0.4 is 0 Å². The minimum atomic E-state index is 0.0943. The number of Topliss-reactive ketones (excluding diaryl/α,β-unsaturated/α-hetero) is 1. The van der Waals surface area contributed by atoms with Gasteiger partial charge in [-0.15, -0.1) is 11.3 Å². The van der Waals surface area contributed by atoms with Crippen molar-refractivity contribution in [3.05, 3.63) is 46.2 Å². The third-order valence-electron chi connectivity index (χ3n) is 3.93. The molecule has 3 rings (SSSR count). The molecule has 3 aromatic rings. The van der Waals surface area contributed by atoms with Crippen LogP contribution >= 0.6 is 11.3 Å². The van der Waals surface area contributed by atoms with Gasteiger partial charge in [0, 0.05) is 30.4 Å². The van der Waals surface area contributed by atoms with Crippen molar-refractivity contribution in [3.63, 3.8) is 0 Å². The van der Waals surface area contributed by atoms with E-state index in [1.807, 2.05) is 36.0 Å². The summed E-state index contributed by atoms with van der Waals surface area (Å²) in [5, 5.41) is 1.11. The summed E-state index contributed by atoms with van der Waals surface area (Å²) < 4.78 is 2.03. The van der Waals surface area contributed by atoms with Crippen LogP contribution in [0, 0.1) is 13.8 Å². The van der Waals surface area contributed by atoms with Gasteiger partial charge in [0.1, 0.15) is 4.83 Å². The van der Waals surface area contributed by atoms with Crippen LogP contribution in [0.4, 0.5) is 0 Å². The molecule has 0 bridgehead atoms. The van der Waals surface area contributed by atoms with E-state index in [-0.39, 0.29) is 5.78 Å². The first kappa shape index (κ1) is 14.0. The first-order valence-electron chi connectivity index (χ1n) is 7.11. The van der Waals surface area contributed by atoms with Crippen molar-refractivity contribution in [3.8, 4) is 5.69 Å². The number of hydrogen-bond acceptors (Lipinski definition) is 3. The molecule has 0 aromatic carbocycles. The van der Waals surface area contributed by atoms with Gasteiger partial charge in [-0.3, -0.25) is 4.79 Å². The molecule has 0 amide bonds. The monoisotopic (exact) mass is 298 g/mol. The third kappa shape index (κ3) is 2.10. The predicted octanol–water partition coefficient (Wildman–Crippen LogP) is 4.47. The lowest BCUT2D eigenvalue weighted by molar-refractivity contribution is 0.102. The summed E-state index contributed by atoms with van der Waals surface area (Å²) >= 11 is 1.50. The van der Waals surface area contributed by atoms with E-state index in [0.29, 0.717) is 0 Å². The van der Waals surface area contributed by atoms with Gasteiger partial charge < -0.3 is 4.57 Å². The summed E-state index contributed by atoms with van der Waals surface area (Å²) in [5.74, 6) is 0.0943. The summed E-state index contributed by atoms with van der Waals surface area (Å²) in [4.78, 5) is 18.5. The number of carbonyl (C=O) groups excluding carboxylic acids is 1. The molecular formula is C17H18N2OS. The molecule has 0 aliphatic heterocycles. The quantitative estimate of drug-likeness (QED) is 0.669. The van der Waals surface area contributed by atoms with E-state index in [1.165, 1.54) is 22.5 Å². The Morgan fingerprint density at radius 3 is 2.52 bits per heavy atom. The van der Waals surface area contributed by atoms with E-state index in [1.54, 1.807) is 6.92 Å². The fourth-order valence-corrected chi connectivity index (χ4v) is 4.13. The molecule has 4 heteroatoms. The van der Waals surface area contributed by atoms with Gasteiger partial charge in [-0.05, 0) is 43.5 Å². The molecule has 0 fully saturated rings. The maximum Gasteiger partial charge on any atom is 0.171 e. The zero-order chi connectivity index (χ0) is 15.1. The third-order valence-corrected chi connectivity index (χ3v) is 5.11. The lowest BCUT2D eigenvalue weighted by Gasteiger charge is -2.11. The van der Waals surface area contributed by atoms with Gasteiger partial charge in [0.05, 0.1) is 10.6 Å². The maximum absolute atomic E-state index is 12.1. The minimum absolute atomic E-state index is 0.0943. The molecule has 21 heavy (non-hydrogen) atoms. The SMILES string of the molecule is CCc1c(C)nc2sc(C(C)=O)c(-n3cccc3)c2c1C. The zero-order valence-electron chi connectivity index (χ0n) is 12.7. The van der Waals surface area contributed by atoms with Crippen LogP contribution in [-0.2, 0) is 6.42 Å². The number of hydrogen-bond donors (Lipinski definition) is 0. The second-order valence-corrected chi connectivity index (χ2v) is 6.26. The molecule has 3 nitrogen and oxygen atoms in total. The molecule has 0 unspecified atom stereocenters. The number of aromatic nitrogens is 2. The molecule has 0 saturated heterocycles. The molecule has 0 atom stereocenters. The van der Waals surface area contributed by atoms with Crippen LogP contribution in [0.2, 0.25) is 0 Å². The van der Waals surface area contributed by atoms with Crippen LogP contribution in [0.5, 0.6) is 0 Å². The number of rotatable bonds is 3. The second-order valence-electron chi connectivity index (χ2n) is 5.26. The highest BCUT2D eigenvalue weighted by atomic mass is 32.1. The van der Waals surface area contributed by atoms with Crippen molar-refractivity contribution in [1.29, 1.82) is 0 Å². The van der Waals surface area contributed by atoms with E-state index >= 15 is 0 Å². The number of carbonyl (C=O) groups is 1. The van der Waals surface area contributed by atoms with E-state index < -0.39 is 0 Å². The molecule has 0 aliphatic rings. The molecule has 108 valence electrons. The molecule has 0 spiro atoms. The molecule has 0 aliphatic carbocycles. The molecule has 3 heterocycles. The molecule has 0 saturated carbocycles. The van der Waals surface area contributed by atoms with Crippen LogP contribution in [0.15, 0.2) is 24.5 Å². The van der Waals surface area contributed by atoms with Crippen LogP contribution in [0.25, 0.3) is 15.9 Å². The molecule has 3 aromatic heterocycles. The number of fused-ring (bicyclic) bond motifs is 1. The van der Waals surface area contributed by atoms with Crippen LogP contribution in [0.1, 0.15) is 40.3 Å². The Bertz CT molecular complexity index is 828. The number of aryl methyl sites for hydroxylation is 2. The van der Waals surface area contributed by atoms with Crippen molar-refractivity contribution < 1.29 is 4.79 Å². The van der Waals surface area contributed by atoms with E-state index in [2.05, 4.69) is 13.8 Å². The van der Waals surface area contributed by atoms with Gasteiger partial charge in [-0.25, -0.2) is 4.98 Å². The van der Waals surface area contributed by atoms with Gasteiger partial charge in [0.2, 0.25) is 0 Å². The fourth-order valence-electron chi connectivity index (χ4n) is 2.96. The van der Waals surface area contributed by atoms with E-state index in [0.717, 1.165) is 32.9 Å². The van der Waals surface area contributed by atoms with Crippen LogP contribution in [0.3, 0.4) is 0 Å². The number of pyridine rings is 1. The van der Waals surface area contributed by atoms with Gasteiger partial charge in [0.15, 0.2) is 5.78 Å². The first-order valence-corrected chi connectivity index (χ1v) is 7.93. The van der Waals surface area contributed by atoms with E-state index in [4.69, 9.17) is 4.98 Å². The van der Waals surface area contributed by atoms with Crippen molar-refractivity contribution >= 4 is 27.3 Å². The average molecular weight is 298 g/mol. The normalized spacial score (nSPS) is 11.2. The Labute approximate surface area is 128 Å². The first-order chi connectivity index (χ1) is 10.0. The topological polar surface area (TPSA) is 34.9 Å². The maximum atomic E-state index is 12.1. The Balaban J connectivity index is 2.47. The fraction of sp³-hybridized carbons (Fsp3) is 0.294.